The van der Waals surface area contributed by atoms with E-state index in [2.05, 4.69) is 453 Å². The number of fused-ring (bicyclic) bond motifs is 16. The molecule has 0 aliphatic carbocycles. The molecular weight excluding hydrogens is 1570 g/mol. The van der Waals surface area contributed by atoms with Crippen LogP contribution in [0.15, 0.2) is 357 Å². The Kier molecular flexibility index (Phi) is 17.9. The minimum absolute atomic E-state index is 0.243. The van der Waals surface area contributed by atoms with E-state index in [1.165, 1.54) is 33.3 Å². The van der Waals surface area contributed by atoms with Crippen molar-refractivity contribution in [3.63, 3.8) is 0 Å². The molecule has 17 aromatic carbocycles. The van der Waals surface area contributed by atoms with Gasteiger partial charge in [0.2, 0.25) is 0 Å². The van der Waals surface area contributed by atoms with Crippen molar-refractivity contribution < 1.29 is 17.7 Å². The highest BCUT2D eigenvalue weighted by Gasteiger charge is 2.47. The van der Waals surface area contributed by atoms with Crippen molar-refractivity contribution in [2.75, 3.05) is 9.80 Å². The van der Waals surface area contributed by atoms with Crippen molar-refractivity contribution in [1.82, 2.24) is 0 Å². The molecule has 0 saturated heterocycles. The molecule has 2 aliphatic rings. The van der Waals surface area contributed by atoms with Crippen molar-refractivity contribution in [1.29, 1.82) is 0 Å². The lowest BCUT2D eigenvalue weighted by atomic mass is 9.33. The van der Waals surface area contributed by atoms with Crippen molar-refractivity contribution >= 4 is 145 Å². The highest BCUT2D eigenvalue weighted by molar-refractivity contribution is 7.00. The molecule has 129 heavy (non-hydrogen) atoms. The summed E-state index contributed by atoms with van der Waals surface area (Å²) in [4.78, 5) is 5.52. The number of hydrogen-bond donors (Lipinski definition) is 0. The molecule has 0 radical (unpaired) electrons. The van der Waals surface area contributed by atoms with E-state index in [1.54, 1.807) is 0 Å². The summed E-state index contributed by atoms with van der Waals surface area (Å²) >= 11 is 0. The fourth-order valence-corrected chi connectivity index (χ4v) is 20.8. The number of furan rings is 4. The topological polar surface area (TPSA) is 59.0 Å². The maximum Gasteiger partial charge on any atom is 0.252 e. The Bertz CT molecular complexity index is 7850. The summed E-state index contributed by atoms with van der Waals surface area (Å²) in [6.07, 6.45) is 0. The predicted octanol–water partition coefficient (Wildman–Crippen LogP) is 33.2. The molecule has 7 heteroatoms. The van der Waals surface area contributed by atoms with Crippen molar-refractivity contribution in [2.45, 2.75) is 131 Å². The van der Waals surface area contributed by atoms with E-state index in [-0.39, 0.29) is 27.1 Å². The van der Waals surface area contributed by atoms with Gasteiger partial charge in [-0.15, -0.1) is 0 Å². The van der Waals surface area contributed by atoms with Crippen LogP contribution in [0, 0.1) is 0 Å². The van der Waals surface area contributed by atoms with Crippen LogP contribution in [0.3, 0.4) is 0 Å². The van der Waals surface area contributed by atoms with E-state index in [9.17, 15) is 0 Å². The molecule has 0 atom stereocenters. The lowest BCUT2D eigenvalue weighted by molar-refractivity contribution is 0.569. The van der Waals surface area contributed by atoms with E-state index in [1.807, 2.05) is 0 Å². The molecule has 626 valence electrons. The first-order valence-corrected chi connectivity index (χ1v) is 45.6. The van der Waals surface area contributed by atoms with Crippen LogP contribution in [-0.4, -0.2) is 6.71 Å². The van der Waals surface area contributed by atoms with Gasteiger partial charge in [-0.1, -0.05) is 328 Å². The summed E-state index contributed by atoms with van der Waals surface area (Å²) in [5.74, 6) is 0. The van der Waals surface area contributed by atoms with Crippen molar-refractivity contribution in [2.24, 2.45) is 0 Å². The summed E-state index contributed by atoms with van der Waals surface area (Å²) in [6, 6.07) is 128. The Hall–Kier alpha value is -14.4. The quantitative estimate of drug-likeness (QED) is 0.127. The second-order valence-electron chi connectivity index (χ2n) is 41.1. The van der Waals surface area contributed by atoms with E-state index in [0.717, 1.165) is 222 Å². The summed E-state index contributed by atoms with van der Waals surface area (Å²) in [5, 5.41) is 8.42. The van der Waals surface area contributed by atoms with E-state index < -0.39 is 6.71 Å². The molecule has 6 nitrogen and oxygen atoms in total. The monoisotopic (exact) mass is 1670 g/mol. The Morgan fingerprint density at radius 2 is 0.504 bits per heavy atom. The van der Waals surface area contributed by atoms with E-state index >= 15 is 0 Å². The van der Waals surface area contributed by atoms with Crippen LogP contribution in [0.25, 0.3) is 177 Å². The van der Waals surface area contributed by atoms with Crippen LogP contribution < -0.4 is 26.2 Å². The molecule has 23 rings (SSSR count). The first kappa shape index (κ1) is 79.3. The second-order valence-corrected chi connectivity index (χ2v) is 41.1. The van der Waals surface area contributed by atoms with Crippen LogP contribution in [0.4, 0.5) is 34.1 Å². The summed E-state index contributed by atoms with van der Waals surface area (Å²) in [7, 11) is 0. The number of benzene rings is 17. The van der Waals surface area contributed by atoms with Crippen LogP contribution in [-0.2, 0) is 27.1 Å². The largest absolute Gasteiger partial charge is 0.456 e. The van der Waals surface area contributed by atoms with Crippen LogP contribution in [0.1, 0.15) is 132 Å². The van der Waals surface area contributed by atoms with Crippen LogP contribution in [0.5, 0.6) is 0 Å². The predicted molar refractivity (Wildman–Crippen MR) is 547 cm³/mol. The third kappa shape index (κ3) is 13.0. The fourth-order valence-electron chi connectivity index (χ4n) is 20.8. The SMILES string of the molecule is CC(C)(C)c1cc(-c2cc3c4c(c2)N(c2c(-c5cccc6oc7ccccc7c56)cc(C(C)(C)C)cc2-c2cccc5oc6ccccc6c25)c2cc(C(C)(C)C)ccc2B4c2cc(-c4cc(-c5ccccc5)cc(-c5ccccc5)c4)ccc2N3c2c(-c3cccc4oc5ccccc5c34)cc(C(C)(C)C)cc2-c2cccc3oc4ccccc4c23)cc(C(C)(C)C)c1. The molecule has 0 fully saturated rings. The highest BCUT2D eigenvalue weighted by atomic mass is 16.3. The molecule has 4 aromatic heterocycles. The highest BCUT2D eigenvalue weighted by Crippen LogP contribution is 2.59. The Morgan fingerprint density at radius 3 is 0.868 bits per heavy atom. The lowest BCUT2D eigenvalue weighted by Gasteiger charge is -2.46. The smallest absolute Gasteiger partial charge is 0.252 e. The Labute approximate surface area is 754 Å². The minimum atomic E-state index is -0.404. The van der Waals surface area contributed by atoms with Crippen molar-refractivity contribution in [3.05, 3.63) is 368 Å². The van der Waals surface area contributed by atoms with Gasteiger partial charge in [0.25, 0.3) is 6.71 Å². The zero-order valence-electron chi connectivity index (χ0n) is 75.9. The van der Waals surface area contributed by atoms with Gasteiger partial charge in [-0.25, -0.2) is 0 Å². The van der Waals surface area contributed by atoms with Gasteiger partial charge in [-0.2, -0.15) is 0 Å². The maximum atomic E-state index is 7.10. The fraction of sp³-hybridized carbons (Fsp3) is 0.164. The zero-order chi connectivity index (χ0) is 88.2. The summed E-state index contributed by atoms with van der Waals surface area (Å²) < 4.78 is 28.4. The van der Waals surface area contributed by atoms with Gasteiger partial charge in [-0.3, -0.25) is 0 Å². The van der Waals surface area contributed by atoms with Gasteiger partial charge in [0.1, 0.15) is 44.7 Å². The van der Waals surface area contributed by atoms with Gasteiger partial charge in [0.05, 0.1) is 11.4 Å². The molecule has 2 aliphatic heterocycles. The average molecular weight is 1670 g/mol. The van der Waals surface area contributed by atoms with Gasteiger partial charge >= 0.3 is 0 Å². The number of nitrogens with zero attached hydrogens (tertiary/aromatic N) is 2. The third-order valence-corrected chi connectivity index (χ3v) is 27.6. The maximum absolute atomic E-state index is 7.10. The number of anilines is 6. The molecule has 0 spiro atoms. The van der Waals surface area contributed by atoms with Crippen LogP contribution in [0.2, 0.25) is 0 Å². The Morgan fingerprint density at radius 1 is 0.194 bits per heavy atom. The van der Waals surface area contributed by atoms with Gasteiger partial charge < -0.3 is 27.5 Å². The first-order valence-electron chi connectivity index (χ1n) is 45.6. The molecular formula is C122H101BN2O4. The number of hydrogen-bond acceptors (Lipinski definition) is 6. The molecule has 6 heterocycles. The van der Waals surface area contributed by atoms with Gasteiger partial charge in [-0.05, 0) is 253 Å². The molecule has 0 N–H and O–H groups in total. The molecule has 0 amide bonds. The molecule has 0 saturated carbocycles. The zero-order valence-corrected chi connectivity index (χ0v) is 75.9. The van der Waals surface area contributed by atoms with E-state index in [0.29, 0.717) is 0 Å². The van der Waals surface area contributed by atoms with E-state index in [4.69, 9.17) is 17.7 Å². The lowest BCUT2D eigenvalue weighted by Crippen LogP contribution is -2.61. The molecule has 0 bridgehead atoms. The van der Waals surface area contributed by atoms with Gasteiger partial charge in [0, 0.05) is 88.1 Å². The first-order chi connectivity index (χ1) is 62.1. The third-order valence-electron chi connectivity index (χ3n) is 27.6. The molecule has 0 unspecified atom stereocenters. The summed E-state index contributed by atoms with van der Waals surface area (Å²) in [6.45, 7) is 35.1. The van der Waals surface area contributed by atoms with Crippen LogP contribution >= 0.6 is 0 Å². The van der Waals surface area contributed by atoms with Crippen molar-refractivity contribution in [3.8, 4) is 89.0 Å². The average Bonchev–Trinajstić information content (AvgIpc) is 0.790. The van der Waals surface area contributed by atoms with Gasteiger partial charge in [0.15, 0.2) is 0 Å². The standard InChI is InChI=1S/C122H101BN2O4/c1-118(2,3)80-55-56-97-100(71-80)125(117-95(87-44-32-52-109-113(87)91-40-24-28-48-105(91)128-109)69-84(122(13,14)15)70-96(117)88-45-33-53-110-114(88)92-41-25-29-49-106(92)129-110)102-65-79(78-61-81(119(4,5)6)66-82(62-78)120(7,8)9)64-101-115(102)123(97)98-63-74(77-59-75(72-34-18-16-19-35-72)58-76(60-77)73-36-20-17-21-37-73)54-57-99(98)124(101)116-93(85-42-30-50-107-111(85)89-38-22-26-46-103(89)126-107)67-83(121(10,11)12)68-94(116)86-43-31-51-108-112(86)90-39-23-27-47-104(90)127-108/h16-71H,1-15H3. The Balaban J connectivity index is 0.953. The number of rotatable bonds is 10. The molecule has 21 aromatic rings. The number of para-hydroxylation sites is 4. The second kappa shape index (κ2) is 29.1. The minimum Gasteiger partial charge on any atom is -0.456 e. The normalized spacial score (nSPS) is 13.2. The summed E-state index contributed by atoms with van der Waals surface area (Å²) in [5.41, 5.74) is 38.5.